The molecule has 0 aliphatic rings. The van der Waals surface area contributed by atoms with E-state index in [9.17, 15) is 0 Å². The van der Waals surface area contributed by atoms with Crippen LogP contribution in [0.2, 0.25) is 0 Å². The van der Waals surface area contributed by atoms with Gasteiger partial charge in [0.05, 0.1) is 0 Å². The monoisotopic (exact) mass is 230 g/mol. The van der Waals surface area contributed by atoms with Crippen LogP contribution >= 0.6 is 0 Å². The molecule has 0 saturated carbocycles. The van der Waals surface area contributed by atoms with Crippen molar-refractivity contribution in [1.29, 1.82) is 0 Å². The van der Waals surface area contributed by atoms with Crippen LogP contribution < -0.4 is 0 Å². The van der Waals surface area contributed by atoms with Crippen LogP contribution in [0.4, 0.5) is 0 Å². The van der Waals surface area contributed by atoms with E-state index in [0.29, 0.717) is 6.34 Å². The molecule has 73 valence electrons. The standard InChI is InChI=1S/C3H4N2.C2H3N3.Al.Cu.3H/c4-2-1-3-5;3-1-5-2-4;;;;;/h1-4H;1-2H,(H-2,3,4,5);;;;;/q2*-2;;;;;. The van der Waals surface area contributed by atoms with Gasteiger partial charge in [-0.15, -0.1) is 18.8 Å². The Kier molecular flexibility index (Phi) is 59.1. The Morgan fingerprint density at radius 2 is 1.67 bits per heavy atom. The predicted molar refractivity (Wildman–Crippen MR) is 55.1 cm³/mol. The molecular formula is C5H10AlCuN5-4. The minimum absolute atomic E-state index is 0. The molecule has 0 aromatic heterocycles. The molecule has 0 aromatic carbocycles. The first-order valence-electron chi connectivity index (χ1n) is 2.28. The summed E-state index contributed by atoms with van der Waals surface area (Å²) in [5, 5.41) is 15.4. The zero-order valence-corrected chi connectivity index (χ0v) is 6.47. The zero-order chi connectivity index (χ0) is 8.24. The average molecular weight is 231 g/mol. The van der Waals surface area contributed by atoms with E-state index < -0.39 is 0 Å². The fourth-order valence-electron chi connectivity index (χ4n) is 0.0764. The van der Waals surface area contributed by atoms with Crippen molar-refractivity contribution in [2.45, 2.75) is 0 Å². The molecule has 12 heavy (non-hydrogen) atoms. The SMILES string of the molecule is [AlH3].[Cu].[N-]=CC=C[NH-].[N-]=CN=C[NH-]. The van der Waals surface area contributed by atoms with Gasteiger partial charge in [0.15, 0.2) is 17.4 Å². The predicted octanol–water partition coefficient (Wildman–Crippen LogP) is 0.671. The van der Waals surface area contributed by atoms with Gasteiger partial charge >= 0.3 is 0 Å². The molecule has 0 unspecified atom stereocenters. The summed E-state index contributed by atoms with van der Waals surface area (Å²) in [6, 6.07) is 0. The second-order valence-electron chi connectivity index (χ2n) is 0.902. The van der Waals surface area contributed by atoms with Crippen LogP contribution in [0, 0.1) is 0 Å². The first kappa shape index (κ1) is 22.5. The third-order valence-electron chi connectivity index (χ3n) is 0.323. The van der Waals surface area contributed by atoms with Gasteiger partial charge in [0.1, 0.15) is 0 Å². The molecule has 0 fully saturated rings. The van der Waals surface area contributed by atoms with E-state index in [2.05, 4.69) is 4.99 Å². The molecule has 0 heterocycles. The molecule has 2 N–H and O–H groups in total. The Labute approximate surface area is 92.9 Å². The van der Waals surface area contributed by atoms with E-state index in [1.165, 1.54) is 6.08 Å². The Hall–Kier alpha value is -0.598. The zero-order valence-electron chi connectivity index (χ0n) is 5.53. The third-order valence-corrected chi connectivity index (χ3v) is 0.323. The van der Waals surface area contributed by atoms with Gasteiger partial charge in [-0.1, -0.05) is 0 Å². The number of rotatable bonds is 2. The molecule has 5 nitrogen and oxygen atoms in total. The van der Waals surface area contributed by atoms with Crippen molar-refractivity contribution in [3.8, 4) is 0 Å². The van der Waals surface area contributed by atoms with Crippen molar-refractivity contribution in [1.82, 2.24) is 0 Å². The van der Waals surface area contributed by atoms with Gasteiger partial charge in [-0.3, -0.25) is 0 Å². The molecule has 0 amide bonds. The summed E-state index contributed by atoms with van der Waals surface area (Å²) in [4.78, 5) is 2.94. The summed E-state index contributed by atoms with van der Waals surface area (Å²) in [6.45, 7) is 0. The van der Waals surface area contributed by atoms with E-state index in [4.69, 9.17) is 22.3 Å². The molecule has 0 aliphatic carbocycles. The first-order valence-corrected chi connectivity index (χ1v) is 2.28. The molecule has 0 aliphatic heterocycles. The fraction of sp³-hybridized carbons (Fsp3) is 0. The van der Waals surface area contributed by atoms with Crippen LogP contribution in [0.15, 0.2) is 17.3 Å². The molecule has 0 rings (SSSR count). The number of nitrogens with one attached hydrogen (secondary N) is 2. The summed E-state index contributed by atoms with van der Waals surface area (Å²) >= 11 is 0. The number of allylic oxidation sites excluding steroid dienone is 1. The van der Waals surface area contributed by atoms with Gasteiger partial charge in [0, 0.05) is 17.1 Å². The first-order chi connectivity index (χ1) is 4.83. The minimum atomic E-state index is 0. The smallest absolute Gasteiger partial charge is 0.187 e. The van der Waals surface area contributed by atoms with Crippen molar-refractivity contribution < 1.29 is 17.1 Å². The Morgan fingerprint density at radius 3 is 1.67 bits per heavy atom. The number of nitrogens with zero attached hydrogens (tertiary/aromatic N) is 3. The molecule has 0 spiro atoms. The summed E-state index contributed by atoms with van der Waals surface area (Å²) in [6.07, 6.45) is 4.35. The molecule has 7 heteroatoms. The second-order valence-corrected chi connectivity index (χ2v) is 0.902. The van der Waals surface area contributed by atoms with Crippen molar-refractivity contribution in [3.05, 3.63) is 34.6 Å². The largest absolute Gasteiger partial charge is 0.811 e. The van der Waals surface area contributed by atoms with Gasteiger partial charge in [-0.25, -0.2) is 0 Å². The van der Waals surface area contributed by atoms with E-state index in [1.54, 1.807) is 0 Å². The van der Waals surface area contributed by atoms with Crippen molar-refractivity contribution in [2.75, 3.05) is 0 Å². The summed E-state index contributed by atoms with van der Waals surface area (Å²) < 4.78 is 0. The quantitative estimate of drug-likeness (QED) is 0.378. The second kappa shape index (κ2) is 31.5. The molecule has 0 saturated heterocycles. The van der Waals surface area contributed by atoms with E-state index in [-0.39, 0.29) is 34.4 Å². The number of aliphatic imine (C=N–C) groups is 1. The number of hydrogen-bond acceptors (Lipinski definition) is 0. The molecule has 0 bridgehead atoms. The third kappa shape index (κ3) is 57.3. The van der Waals surface area contributed by atoms with Gasteiger partial charge in [0.25, 0.3) is 0 Å². The average Bonchev–Trinajstić information content (AvgIpc) is 1.93. The maximum Gasteiger partial charge on any atom is 0.187 e. The molecule has 0 atom stereocenters. The molecule has 0 aromatic rings. The maximum absolute atomic E-state index is 7.73. The molecule has 1 radical (unpaired) electrons. The van der Waals surface area contributed by atoms with Gasteiger partial charge in [0.2, 0.25) is 0 Å². The van der Waals surface area contributed by atoms with Crippen molar-refractivity contribution in [2.24, 2.45) is 4.99 Å². The minimum Gasteiger partial charge on any atom is -0.811 e. The van der Waals surface area contributed by atoms with Crippen molar-refractivity contribution >= 4 is 36.3 Å². The van der Waals surface area contributed by atoms with Crippen LogP contribution in [-0.2, 0) is 17.1 Å². The van der Waals surface area contributed by atoms with Gasteiger partial charge in [-0.05, 0) is 0 Å². The maximum atomic E-state index is 7.73. The number of hydrogen-bond donors (Lipinski definition) is 0. The summed E-state index contributed by atoms with van der Waals surface area (Å²) in [5.74, 6) is 0. The fourth-order valence-corrected chi connectivity index (χ4v) is 0.0764. The van der Waals surface area contributed by atoms with E-state index in [1.807, 2.05) is 0 Å². The van der Waals surface area contributed by atoms with Gasteiger partial charge < -0.3 is 27.3 Å². The summed E-state index contributed by atoms with van der Waals surface area (Å²) in [5.41, 5.74) is 12.4. The van der Waals surface area contributed by atoms with Crippen LogP contribution in [0.5, 0.6) is 0 Å². The Balaban J connectivity index is -0.0000000457. The normalized spacial score (nSPS) is 7.33. The van der Waals surface area contributed by atoms with E-state index >= 15 is 0 Å². The van der Waals surface area contributed by atoms with Crippen LogP contribution in [-0.4, -0.2) is 36.3 Å². The Bertz CT molecular complexity index is 120. The summed E-state index contributed by atoms with van der Waals surface area (Å²) in [7, 11) is 0. The van der Waals surface area contributed by atoms with Crippen LogP contribution in [0.25, 0.3) is 22.3 Å². The Morgan fingerprint density at radius 1 is 1.17 bits per heavy atom. The van der Waals surface area contributed by atoms with Crippen molar-refractivity contribution in [3.63, 3.8) is 0 Å². The molecular weight excluding hydrogens is 221 g/mol. The topological polar surface area (TPSA) is 105 Å². The van der Waals surface area contributed by atoms with Crippen LogP contribution in [0.3, 0.4) is 0 Å². The van der Waals surface area contributed by atoms with Gasteiger partial charge in [-0.2, -0.15) is 12.4 Å². The van der Waals surface area contributed by atoms with Crippen LogP contribution in [0.1, 0.15) is 0 Å². The van der Waals surface area contributed by atoms with E-state index in [0.717, 1.165) is 18.8 Å².